The molecule has 1 aromatic heterocycles. The molecule has 1 aromatic carbocycles. The maximum absolute atomic E-state index is 6.04. The molecule has 2 aromatic rings. The van der Waals surface area contributed by atoms with Crippen LogP contribution in [0.5, 0.6) is 0 Å². The van der Waals surface area contributed by atoms with Gasteiger partial charge in [-0.3, -0.25) is 0 Å². The van der Waals surface area contributed by atoms with Gasteiger partial charge in [0.2, 0.25) is 0 Å². The molecular weight excluding hydrogens is 250 g/mol. The molecule has 0 saturated carbocycles. The largest absolute Gasteiger partial charge is 0.312 e. The third kappa shape index (κ3) is 3.44. The molecule has 0 amide bonds. The predicted octanol–water partition coefficient (Wildman–Crippen LogP) is 4.49. The molecule has 1 heterocycles. The van der Waals surface area contributed by atoms with Crippen molar-refractivity contribution in [2.75, 3.05) is 6.54 Å². The summed E-state index contributed by atoms with van der Waals surface area (Å²) in [6.07, 6.45) is 1.05. The minimum absolute atomic E-state index is 0.184. The van der Waals surface area contributed by atoms with Crippen molar-refractivity contribution in [2.24, 2.45) is 0 Å². The van der Waals surface area contributed by atoms with Crippen molar-refractivity contribution in [3.63, 3.8) is 0 Å². The standard InChI is InChI=1S/C14H18ClNS/c1-14(2,3)16-7-6-10-9-17-13-5-4-11(15)8-12(10)13/h4-5,8-9,16H,6-7H2,1-3H3. The van der Waals surface area contributed by atoms with E-state index < -0.39 is 0 Å². The quantitative estimate of drug-likeness (QED) is 0.864. The molecule has 0 radical (unpaired) electrons. The molecule has 0 aliphatic rings. The lowest BCUT2D eigenvalue weighted by Gasteiger charge is -2.20. The van der Waals surface area contributed by atoms with Gasteiger partial charge < -0.3 is 5.32 Å². The van der Waals surface area contributed by atoms with Gasteiger partial charge in [-0.2, -0.15) is 0 Å². The maximum Gasteiger partial charge on any atom is 0.0413 e. The van der Waals surface area contributed by atoms with E-state index in [1.165, 1.54) is 15.6 Å². The van der Waals surface area contributed by atoms with Gasteiger partial charge in [0.25, 0.3) is 0 Å². The molecule has 0 unspecified atom stereocenters. The van der Waals surface area contributed by atoms with Crippen LogP contribution >= 0.6 is 22.9 Å². The predicted molar refractivity (Wildman–Crippen MR) is 78.3 cm³/mol. The molecule has 17 heavy (non-hydrogen) atoms. The van der Waals surface area contributed by atoms with Crippen molar-refractivity contribution in [2.45, 2.75) is 32.7 Å². The van der Waals surface area contributed by atoms with E-state index in [1.54, 1.807) is 11.3 Å². The Bertz CT molecular complexity index is 510. The van der Waals surface area contributed by atoms with Gasteiger partial charge in [-0.05, 0) is 68.3 Å². The van der Waals surface area contributed by atoms with Crippen LogP contribution in [0.25, 0.3) is 10.1 Å². The number of benzene rings is 1. The van der Waals surface area contributed by atoms with E-state index in [0.717, 1.165) is 18.0 Å². The molecule has 0 aliphatic heterocycles. The Hall–Kier alpha value is -0.570. The fourth-order valence-electron chi connectivity index (χ4n) is 1.82. The monoisotopic (exact) mass is 267 g/mol. The molecule has 0 fully saturated rings. The topological polar surface area (TPSA) is 12.0 Å². The molecule has 1 nitrogen and oxygen atoms in total. The lowest BCUT2D eigenvalue weighted by Crippen LogP contribution is -2.37. The smallest absolute Gasteiger partial charge is 0.0413 e. The van der Waals surface area contributed by atoms with E-state index in [2.05, 4.69) is 43.6 Å². The molecule has 0 bridgehead atoms. The van der Waals surface area contributed by atoms with Gasteiger partial charge in [0, 0.05) is 15.3 Å². The molecule has 2 rings (SSSR count). The molecule has 0 aliphatic carbocycles. The van der Waals surface area contributed by atoms with Crippen molar-refractivity contribution in [3.05, 3.63) is 34.2 Å². The van der Waals surface area contributed by atoms with E-state index in [0.29, 0.717) is 0 Å². The summed E-state index contributed by atoms with van der Waals surface area (Å²) in [5, 5.41) is 7.88. The second-order valence-corrected chi connectivity index (χ2v) is 6.68. The van der Waals surface area contributed by atoms with Crippen molar-refractivity contribution in [3.8, 4) is 0 Å². The van der Waals surface area contributed by atoms with Gasteiger partial charge in [-0.15, -0.1) is 11.3 Å². The van der Waals surface area contributed by atoms with Crippen molar-refractivity contribution in [1.29, 1.82) is 0 Å². The fraction of sp³-hybridized carbons (Fsp3) is 0.429. The van der Waals surface area contributed by atoms with Gasteiger partial charge in [0.15, 0.2) is 0 Å². The third-order valence-corrected chi connectivity index (χ3v) is 3.91. The minimum Gasteiger partial charge on any atom is -0.312 e. The highest BCUT2D eigenvalue weighted by Gasteiger charge is 2.09. The number of thiophene rings is 1. The van der Waals surface area contributed by atoms with Crippen LogP contribution in [-0.2, 0) is 6.42 Å². The Balaban J connectivity index is 2.11. The van der Waals surface area contributed by atoms with Crippen LogP contribution in [0.3, 0.4) is 0 Å². The summed E-state index contributed by atoms with van der Waals surface area (Å²) in [4.78, 5) is 0. The van der Waals surface area contributed by atoms with Crippen molar-refractivity contribution >= 4 is 33.0 Å². The first kappa shape index (κ1) is 12.9. The Morgan fingerprint density at radius 3 is 2.76 bits per heavy atom. The van der Waals surface area contributed by atoms with Gasteiger partial charge in [-0.25, -0.2) is 0 Å². The van der Waals surface area contributed by atoms with Crippen LogP contribution in [-0.4, -0.2) is 12.1 Å². The van der Waals surface area contributed by atoms with Gasteiger partial charge in [-0.1, -0.05) is 11.6 Å². The normalized spacial score (nSPS) is 12.2. The van der Waals surface area contributed by atoms with E-state index >= 15 is 0 Å². The molecule has 0 saturated heterocycles. The van der Waals surface area contributed by atoms with E-state index in [1.807, 2.05) is 6.07 Å². The number of hydrogen-bond acceptors (Lipinski definition) is 2. The highest BCUT2D eigenvalue weighted by molar-refractivity contribution is 7.17. The SMILES string of the molecule is CC(C)(C)NCCc1csc2ccc(Cl)cc12. The lowest BCUT2D eigenvalue weighted by molar-refractivity contribution is 0.430. The first-order valence-corrected chi connectivity index (χ1v) is 7.12. The summed E-state index contributed by atoms with van der Waals surface area (Å²) >= 11 is 7.84. The summed E-state index contributed by atoms with van der Waals surface area (Å²) in [7, 11) is 0. The van der Waals surface area contributed by atoms with Crippen LogP contribution in [0, 0.1) is 0 Å². The van der Waals surface area contributed by atoms with Crippen molar-refractivity contribution < 1.29 is 0 Å². The maximum atomic E-state index is 6.04. The van der Waals surface area contributed by atoms with Crippen LogP contribution in [0.15, 0.2) is 23.6 Å². The average molecular weight is 268 g/mol. The molecule has 1 N–H and O–H groups in total. The molecule has 92 valence electrons. The number of halogens is 1. The first-order valence-electron chi connectivity index (χ1n) is 5.86. The Morgan fingerprint density at radius 1 is 1.29 bits per heavy atom. The number of nitrogens with one attached hydrogen (secondary N) is 1. The van der Waals surface area contributed by atoms with Crippen LogP contribution in [0.2, 0.25) is 5.02 Å². The number of rotatable bonds is 3. The van der Waals surface area contributed by atoms with E-state index in [4.69, 9.17) is 11.6 Å². The lowest BCUT2D eigenvalue weighted by atomic mass is 10.1. The number of hydrogen-bond donors (Lipinski definition) is 1. The second-order valence-electron chi connectivity index (χ2n) is 5.33. The highest BCUT2D eigenvalue weighted by Crippen LogP contribution is 2.28. The summed E-state index contributed by atoms with van der Waals surface area (Å²) in [6, 6.07) is 6.13. The zero-order valence-electron chi connectivity index (χ0n) is 10.5. The molecular formula is C14H18ClNS. The van der Waals surface area contributed by atoms with Crippen LogP contribution in [0.1, 0.15) is 26.3 Å². The Morgan fingerprint density at radius 2 is 2.06 bits per heavy atom. The second kappa shape index (κ2) is 4.97. The molecule has 0 spiro atoms. The summed E-state index contributed by atoms with van der Waals surface area (Å²) in [5.74, 6) is 0. The van der Waals surface area contributed by atoms with Crippen LogP contribution in [0.4, 0.5) is 0 Å². The van der Waals surface area contributed by atoms with Gasteiger partial charge in [0.1, 0.15) is 0 Å². The minimum atomic E-state index is 0.184. The third-order valence-electron chi connectivity index (χ3n) is 2.67. The van der Waals surface area contributed by atoms with Gasteiger partial charge in [0.05, 0.1) is 0 Å². The first-order chi connectivity index (χ1) is 7.96. The molecule has 0 atom stereocenters. The van der Waals surface area contributed by atoms with Crippen LogP contribution < -0.4 is 5.32 Å². The van der Waals surface area contributed by atoms with E-state index in [-0.39, 0.29) is 5.54 Å². The molecule has 3 heteroatoms. The average Bonchev–Trinajstić information content (AvgIpc) is 2.59. The zero-order chi connectivity index (χ0) is 12.5. The summed E-state index contributed by atoms with van der Waals surface area (Å²) < 4.78 is 1.32. The van der Waals surface area contributed by atoms with Crippen molar-refractivity contribution in [1.82, 2.24) is 5.32 Å². The summed E-state index contributed by atoms with van der Waals surface area (Å²) in [5.41, 5.74) is 1.58. The zero-order valence-corrected chi connectivity index (χ0v) is 12.1. The summed E-state index contributed by atoms with van der Waals surface area (Å²) in [6.45, 7) is 7.57. The highest BCUT2D eigenvalue weighted by atomic mass is 35.5. The number of fused-ring (bicyclic) bond motifs is 1. The van der Waals surface area contributed by atoms with E-state index in [9.17, 15) is 0 Å². The Labute approximate surface area is 112 Å². The fourth-order valence-corrected chi connectivity index (χ4v) is 2.97. The van der Waals surface area contributed by atoms with Gasteiger partial charge >= 0.3 is 0 Å². The Kier molecular flexibility index (Phi) is 3.76.